The number of dihydropyridines is 1. The SMILES string of the molecule is C#CC1=CC(C(=O)O)=CC(C#C)(CC)N1. The average Bonchev–Trinajstić information content (AvgIpc) is 2.28. The average molecular weight is 201 g/mol. The van der Waals surface area contributed by atoms with Crippen LogP contribution in [0.5, 0.6) is 0 Å². The molecule has 2 N–H and O–H groups in total. The predicted octanol–water partition coefficient (Wildman–Crippen LogP) is 0.900. The molecule has 0 amide bonds. The summed E-state index contributed by atoms with van der Waals surface area (Å²) >= 11 is 0. The molecule has 0 spiro atoms. The molecule has 3 heteroatoms. The van der Waals surface area contributed by atoms with E-state index in [9.17, 15) is 4.79 Å². The number of nitrogens with one attached hydrogen (secondary N) is 1. The van der Waals surface area contributed by atoms with Crippen LogP contribution in [0.15, 0.2) is 23.4 Å². The molecule has 0 aromatic rings. The fraction of sp³-hybridized carbons (Fsp3) is 0.250. The monoisotopic (exact) mass is 201 g/mol. The number of carboxylic acids is 1. The van der Waals surface area contributed by atoms with E-state index >= 15 is 0 Å². The molecule has 0 aromatic heterocycles. The van der Waals surface area contributed by atoms with Gasteiger partial charge in [0.15, 0.2) is 0 Å². The Morgan fingerprint density at radius 3 is 2.73 bits per heavy atom. The Morgan fingerprint density at radius 1 is 1.67 bits per heavy atom. The standard InChI is InChI=1S/C12H11NO2/c1-4-10-7-9(11(14)15)8-12(5-2,6-3)13-10/h1-2,7-8,13H,6H2,3H3,(H,14,15). The number of hydrogen-bond acceptors (Lipinski definition) is 2. The number of allylic oxidation sites excluding steroid dienone is 1. The summed E-state index contributed by atoms with van der Waals surface area (Å²) < 4.78 is 0. The summed E-state index contributed by atoms with van der Waals surface area (Å²) in [6, 6.07) is 0. The van der Waals surface area contributed by atoms with Gasteiger partial charge in [-0.3, -0.25) is 0 Å². The van der Waals surface area contributed by atoms with Crippen molar-refractivity contribution in [2.75, 3.05) is 0 Å². The lowest BCUT2D eigenvalue weighted by atomic mass is 9.90. The van der Waals surface area contributed by atoms with Gasteiger partial charge in [0.25, 0.3) is 0 Å². The van der Waals surface area contributed by atoms with Crippen LogP contribution in [0.3, 0.4) is 0 Å². The molecule has 1 rings (SSSR count). The molecule has 0 bridgehead atoms. The highest BCUT2D eigenvalue weighted by Gasteiger charge is 2.28. The van der Waals surface area contributed by atoms with Crippen molar-refractivity contribution in [3.8, 4) is 24.7 Å². The van der Waals surface area contributed by atoms with Crippen molar-refractivity contribution in [3.05, 3.63) is 23.4 Å². The van der Waals surface area contributed by atoms with Gasteiger partial charge in [0, 0.05) is 0 Å². The molecule has 0 saturated carbocycles. The van der Waals surface area contributed by atoms with E-state index in [0.29, 0.717) is 12.1 Å². The van der Waals surface area contributed by atoms with Gasteiger partial charge in [0.1, 0.15) is 5.54 Å². The Bertz CT molecular complexity index is 432. The molecule has 76 valence electrons. The number of terminal acetylenes is 2. The zero-order valence-corrected chi connectivity index (χ0v) is 8.37. The molecular weight excluding hydrogens is 190 g/mol. The number of rotatable bonds is 2. The summed E-state index contributed by atoms with van der Waals surface area (Å²) in [5, 5.41) is 11.8. The summed E-state index contributed by atoms with van der Waals surface area (Å²) in [7, 11) is 0. The fourth-order valence-corrected chi connectivity index (χ4v) is 1.35. The third-order valence-electron chi connectivity index (χ3n) is 2.28. The van der Waals surface area contributed by atoms with Crippen molar-refractivity contribution in [2.45, 2.75) is 18.9 Å². The summed E-state index contributed by atoms with van der Waals surface area (Å²) in [5.74, 6) is 3.86. The first-order valence-electron chi connectivity index (χ1n) is 4.47. The first kappa shape index (κ1) is 10.9. The first-order chi connectivity index (χ1) is 7.06. The van der Waals surface area contributed by atoms with Crippen molar-refractivity contribution < 1.29 is 9.90 Å². The topological polar surface area (TPSA) is 49.3 Å². The summed E-state index contributed by atoms with van der Waals surface area (Å²) in [6.45, 7) is 1.86. The minimum atomic E-state index is -1.03. The lowest BCUT2D eigenvalue weighted by molar-refractivity contribution is -0.132. The lowest BCUT2D eigenvalue weighted by Gasteiger charge is -2.29. The normalized spacial score (nSPS) is 23.9. The Balaban J connectivity index is 3.23. The van der Waals surface area contributed by atoms with Gasteiger partial charge in [0.05, 0.1) is 11.3 Å². The molecule has 0 fully saturated rings. The minimum absolute atomic E-state index is 0.126. The third-order valence-corrected chi connectivity index (χ3v) is 2.28. The van der Waals surface area contributed by atoms with E-state index in [1.807, 2.05) is 6.92 Å². The molecule has 0 aliphatic carbocycles. The Labute approximate surface area is 88.9 Å². The van der Waals surface area contributed by atoms with Crippen molar-refractivity contribution in [1.82, 2.24) is 5.32 Å². The van der Waals surface area contributed by atoms with Crippen LogP contribution in [0.25, 0.3) is 0 Å². The van der Waals surface area contributed by atoms with Crippen LogP contribution in [-0.2, 0) is 4.79 Å². The Hall–Kier alpha value is -2.13. The molecule has 0 saturated heterocycles. The van der Waals surface area contributed by atoms with Crippen molar-refractivity contribution in [2.24, 2.45) is 0 Å². The fourth-order valence-electron chi connectivity index (χ4n) is 1.35. The third kappa shape index (κ3) is 2.03. The molecule has 1 heterocycles. The van der Waals surface area contributed by atoms with Crippen LogP contribution in [0.2, 0.25) is 0 Å². The largest absolute Gasteiger partial charge is 0.478 e. The molecule has 1 aliphatic rings. The van der Waals surface area contributed by atoms with Crippen molar-refractivity contribution in [1.29, 1.82) is 0 Å². The molecule has 0 aromatic carbocycles. The van der Waals surface area contributed by atoms with Crippen LogP contribution in [0, 0.1) is 24.7 Å². The summed E-state index contributed by atoms with van der Waals surface area (Å²) in [4.78, 5) is 10.9. The molecule has 1 aliphatic heterocycles. The second-order valence-corrected chi connectivity index (χ2v) is 3.20. The molecule has 1 atom stereocenters. The first-order valence-corrected chi connectivity index (χ1v) is 4.47. The van der Waals surface area contributed by atoms with Gasteiger partial charge in [-0.05, 0) is 18.6 Å². The summed E-state index contributed by atoms with van der Waals surface area (Å²) in [5.41, 5.74) is -0.263. The molecule has 0 radical (unpaired) electrons. The van der Waals surface area contributed by atoms with E-state index in [4.69, 9.17) is 18.0 Å². The highest BCUT2D eigenvalue weighted by atomic mass is 16.4. The molecular formula is C12H11NO2. The quantitative estimate of drug-likeness (QED) is 0.652. The second-order valence-electron chi connectivity index (χ2n) is 3.20. The van der Waals surface area contributed by atoms with E-state index in [1.54, 1.807) is 0 Å². The van der Waals surface area contributed by atoms with Crippen molar-refractivity contribution >= 4 is 5.97 Å². The van der Waals surface area contributed by atoms with E-state index in [0.717, 1.165) is 0 Å². The van der Waals surface area contributed by atoms with Gasteiger partial charge in [-0.25, -0.2) is 4.79 Å². The summed E-state index contributed by atoms with van der Waals surface area (Å²) in [6.07, 6.45) is 14.1. The Morgan fingerprint density at radius 2 is 2.33 bits per heavy atom. The van der Waals surface area contributed by atoms with Gasteiger partial charge in [-0.1, -0.05) is 18.8 Å². The maximum absolute atomic E-state index is 10.9. The van der Waals surface area contributed by atoms with Crippen LogP contribution < -0.4 is 5.32 Å². The van der Waals surface area contributed by atoms with E-state index < -0.39 is 11.5 Å². The number of carboxylic acid groups (broad SMARTS) is 1. The van der Waals surface area contributed by atoms with Gasteiger partial charge in [-0.15, -0.1) is 12.8 Å². The van der Waals surface area contributed by atoms with Crippen LogP contribution >= 0.6 is 0 Å². The number of hydrogen-bond donors (Lipinski definition) is 2. The zero-order valence-electron chi connectivity index (χ0n) is 8.37. The van der Waals surface area contributed by atoms with Gasteiger partial charge in [0.2, 0.25) is 0 Å². The minimum Gasteiger partial charge on any atom is -0.478 e. The van der Waals surface area contributed by atoms with Crippen LogP contribution in [0.1, 0.15) is 13.3 Å². The number of aliphatic carboxylic acids is 1. The van der Waals surface area contributed by atoms with Gasteiger partial charge < -0.3 is 10.4 Å². The van der Waals surface area contributed by atoms with Crippen LogP contribution in [0.4, 0.5) is 0 Å². The second kappa shape index (κ2) is 3.94. The highest BCUT2D eigenvalue weighted by molar-refractivity contribution is 5.91. The Kier molecular flexibility index (Phi) is 2.87. The van der Waals surface area contributed by atoms with Crippen molar-refractivity contribution in [3.63, 3.8) is 0 Å². The van der Waals surface area contributed by atoms with E-state index in [2.05, 4.69) is 17.2 Å². The maximum atomic E-state index is 10.9. The van der Waals surface area contributed by atoms with Gasteiger partial charge >= 0.3 is 5.97 Å². The molecule has 1 unspecified atom stereocenters. The van der Waals surface area contributed by atoms with Gasteiger partial charge in [-0.2, -0.15) is 0 Å². The highest BCUT2D eigenvalue weighted by Crippen LogP contribution is 2.21. The van der Waals surface area contributed by atoms with E-state index in [1.165, 1.54) is 12.2 Å². The van der Waals surface area contributed by atoms with Crippen LogP contribution in [-0.4, -0.2) is 16.6 Å². The molecule has 3 nitrogen and oxygen atoms in total. The smallest absolute Gasteiger partial charge is 0.335 e. The maximum Gasteiger partial charge on any atom is 0.335 e. The van der Waals surface area contributed by atoms with E-state index in [-0.39, 0.29) is 5.57 Å². The molecule has 15 heavy (non-hydrogen) atoms. The number of carbonyl (C=O) groups is 1. The zero-order chi connectivity index (χ0) is 11.5. The predicted molar refractivity (Wildman–Crippen MR) is 57.6 cm³/mol. The lowest BCUT2D eigenvalue weighted by Crippen LogP contribution is -2.43.